The number of allylic oxidation sites excluding steroid dienone is 1. The summed E-state index contributed by atoms with van der Waals surface area (Å²) in [5, 5.41) is 7.88. The van der Waals surface area contributed by atoms with Crippen molar-refractivity contribution >= 4 is 5.69 Å². The van der Waals surface area contributed by atoms with Gasteiger partial charge in [0, 0.05) is 62.3 Å². The van der Waals surface area contributed by atoms with Crippen molar-refractivity contribution < 1.29 is 4.39 Å². The molecule has 1 saturated heterocycles. The van der Waals surface area contributed by atoms with Gasteiger partial charge in [-0.15, -0.1) is 0 Å². The maximum atomic E-state index is 13.0. The van der Waals surface area contributed by atoms with E-state index in [1.165, 1.54) is 12.8 Å². The lowest BCUT2D eigenvalue weighted by Crippen LogP contribution is -2.50. The molecule has 2 fully saturated rings. The Bertz CT molecular complexity index is 847. The summed E-state index contributed by atoms with van der Waals surface area (Å²) in [6.45, 7) is 6.58. The minimum absolute atomic E-state index is 0.479. The van der Waals surface area contributed by atoms with Gasteiger partial charge < -0.3 is 11.1 Å². The Balaban J connectivity index is 1.28. The molecule has 0 unspecified atom stereocenters. The lowest BCUT2D eigenvalue weighted by molar-refractivity contribution is 0.0445. The molecule has 29 heavy (non-hydrogen) atoms. The van der Waals surface area contributed by atoms with Crippen LogP contribution in [0.1, 0.15) is 31.2 Å². The molecule has 3 N–H and O–H groups in total. The van der Waals surface area contributed by atoms with Crippen LogP contribution in [0.2, 0.25) is 0 Å². The standard InChI is InChI=1S/C23H32FN5/c1-16(27-22-6-3-17(4-7-22)12-29-14-21(24)15-29)9-19-10-18(5-8-23(19)25)20-11-26-28(2)13-20/h5,8,10-11,13,17,21-22,27H,1,3-4,6-7,9,12,14-15,25H2,2H3. The largest absolute Gasteiger partial charge is 0.398 e. The lowest BCUT2D eigenvalue weighted by Gasteiger charge is -2.39. The van der Waals surface area contributed by atoms with E-state index < -0.39 is 6.17 Å². The van der Waals surface area contributed by atoms with Gasteiger partial charge in [-0.3, -0.25) is 9.58 Å². The first-order chi connectivity index (χ1) is 14.0. The highest BCUT2D eigenvalue weighted by Crippen LogP contribution is 2.28. The number of nitrogens with one attached hydrogen (secondary N) is 1. The fourth-order valence-corrected chi connectivity index (χ4v) is 4.59. The normalized spacial score (nSPS) is 23.0. The van der Waals surface area contributed by atoms with Gasteiger partial charge in [-0.25, -0.2) is 4.39 Å². The van der Waals surface area contributed by atoms with Crippen LogP contribution in [0, 0.1) is 5.92 Å². The van der Waals surface area contributed by atoms with Crippen LogP contribution in [0.3, 0.4) is 0 Å². The van der Waals surface area contributed by atoms with Crippen molar-refractivity contribution in [3.8, 4) is 11.1 Å². The van der Waals surface area contributed by atoms with Crippen LogP contribution in [-0.2, 0) is 13.5 Å². The second kappa shape index (κ2) is 8.57. The Morgan fingerprint density at radius 1 is 1.24 bits per heavy atom. The molecular weight excluding hydrogens is 365 g/mol. The van der Waals surface area contributed by atoms with Crippen molar-refractivity contribution in [2.24, 2.45) is 13.0 Å². The zero-order valence-corrected chi connectivity index (χ0v) is 17.3. The van der Waals surface area contributed by atoms with Crippen LogP contribution in [0.25, 0.3) is 11.1 Å². The zero-order valence-electron chi connectivity index (χ0n) is 17.3. The summed E-state index contributed by atoms with van der Waals surface area (Å²) < 4.78 is 14.8. The summed E-state index contributed by atoms with van der Waals surface area (Å²) in [6, 6.07) is 6.62. The molecule has 2 aliphatic rings. The number of alkyl halides is 1. The number of likely N-dealkylation sites (tertiary alicyclic amines) is 1. The Morgan fingerprint density at radius 3 is 2.66 bits per heavy atom. The molecule has 0 amide bonds. The van der Waals surface area contributed by atoms with Gasteiger partial charge in [-0.2, -0.15) is 5.10 Å². The molecule has 2 heterocycles. The predicted octanol–water partition coefficient (Wildman–Crippen LogP) is 3.53. The molecule has 1 aromatic heterocycles. The average molecular weight is 398 g/mol. The molecule has 4 rings (SSSR count). The zero-order chi connectivity index (χ0) is 20.4. The second-order valence-electron chi connectivity index (χ2n) is 8.77. The summed E-state index contributed by atoms with van der Waals surface area (Å²) in [7, 11) is 1.92. The first kappa shape index (κ1) is 20.0. The van der Waals surface area contributed by atoms with Crippen molar-refractivity contribution in [3.63, 3.8) is 0 Å². The van der Waals surface area contributed by atoms with Gasteiger partial charge in [-0.05, 0) is 54.9 Å². The Morgan fingerprint density at radius 2 is 2.00 bits per heavy atom. The first-order valence-electron chi connectivity index (χ1n) is 10.6. The topological polar surface area (TPSA) is 59.1 Å². The van der Waals surface area contributed by atoms with Crippen molar-refractivity contribution in [1.82, 2.24) is 20.0 Å². The minimum Gasteiger partial charge on any atom is -0.398 e. The molecule has 0 radical (unpaired) electrons. The highest BCUT2D eigenvalue weighted by atomic mass is 19.1. The first-order valence-corrected chi connectivity index (χ1v) is 10.6. The third-order valence-electron chi connectivity index (χ3n) is 6.27. The molecule has 6 heteroatoms. The molecular formula is C23H32FN5. The third-order valence-corrected chi connectivity index (χ3v) is 6.27. The predicted molar refractivity (Wildman–Crippen MR) is 116 cm³/mol. The van der Waals surface area contributed by atoms with Gasteiger partial charge in [0.05, 0.1) is 6.20 Å². The number of hydrogen-bond acceptors (Lipinski definition) is 4. The highest BCUT2D eigenvalue weighted by molar-refractivity contribution is 5.67. The number of rotatable bonds is 7. The molecule has 1 aliphatic carbocycles. The van der Waals surface area contributed by atoms with Crippen molar-refractivity contribution in [1.29, 1.82) is 0 Å². The number of aromatic nitrogens is 2. The van der Waals surface area contributed by atoms with Gasteiger partial charge in [-0.1, -0.05) is 12.6 Å². The summed E-state index contributed by atoms with van der Waals surface area (Å²) in [5.41, 5.74) is 11.3. The maximum absolute atomic E-state index is 13.0. The van der Waals surface area contributed by atoms with Crippen LogP contribution in [-0.4, -0.2) is 46.5 Å². The fraction of sp³-hybridized carbons (Fsp3) is 0.522. The number of benzene rings is 1. The molecule has 1 saturated carbocycles. The van der Waals surface area contributed by atoms with Crippen molar-refractivity contribution in [2.45, 2.75) is 44.3 Å². The second-order valence-corrected chi connectivity index (χ2v) is 8.77. The average Bonchev–Trinajstić information content (AvgIpc) is 3.10. The molecule has 156 valence electrons. The number of aryl methyl sites for hydroxylation is 1. The van der Waals surface area contributed by atoms with E-state index in [2.05, 4.69) is 28.0 Å². The number of nitrogens with zero attached hydrogens (tertiary/aromatic N) is 3. The highest BCUT2D eigenvalue weighted by Gasteiger charge is 2.30. The van der Waals surface area contributed by atoms with Crippen LogP contribution in [0.4, 0.5) is 10.1 Å². The summed E-state index contributed by atoms with van der Waals surface area (Å²) in [6.07, 6.45) is 8.73. The Labute approximate surface area is 172 Å². The van der Waals surface area contributed by atoms with Gasteiger partial charge in [0.1, 0.15) is 6.17 Å². The van der Waals surface area contributed by atoms with Crippen LogP contribution < -0.4 is 11.1 Å². The minimum atomic E-state index is -0.597. The number of nitrogen functional groups attached to an aromatic ring is 1. The molecule has 0 bridgehead atoms. The van der Waals surface area contributed by atoms with E-state index in [-0.39, 0.29) is 0 Å². The quantitative estimate of drug-likeness (QED) is 0.702. The molecule has 0 spiro atoms. The summed E-state index contributed by atoms with van der Waals surface area (Å²) in [4.78, 5) is 2.25. The number of halogens is 1. The van der Waals surface area contributed by atoms with E-state index in [0.717, 1.165) is 53.9 Å². The third kappa shape index (κ3) is 4.99. The van der Waals surface area contributed by atoms with Gasteiger partial charge in [0.25, 0.3) is 0 Å². The van der Waals surface area contributed by atoms with Crippen LogP contribution >= 0.6 is 0 Å². The van der Waals surface area contributed by atoms with E-state index in [0.29, 0.717) is 25.0 Å². The van der Waals surface area contributed by atoms with Crippen molar-refractivity contribution in [3.05, 3.63) is 48.4 Å². The summed E-state index contributed by atoms with van der Waals surface area (Å²) in [5.74, 6) is 0.709. The van der Waals surface area contributed by atoms with E-state index in [4.69, 9.17) is 5.73 Å². The van der Waals surface area contributed by atoms with E-state index in [1.807, 2.05) is 31.6 Å². The molecule has 0 atom stereocenters. The van der Waals surface area contributed by atoms with E-state index in [9.17, 15) is 4.39 Å². The summed E-state index contributed by atoms with van der Waals surface area (Å²) >= 11 is 0. The van der Waals surface area contributed by atoms with Gasteiger partial charge >= 0.3 is 0 Å². The van der Waals surface area contributed by atoms with Crippen LogP contribution in [0.5, 0.6) is 0 Å². The fourth-order valence-electron chi connectivity index (χ4n) is 4.59. The Hall–Kier alpha value is -2.34. The van der Waals surface area contributed by atoms with Gasteiger partial charge in [0.2, 0.25) is 0 Å². The van der Waals surface area contributed by atoms with E-state index >= 15 is 0 Å². The molecule has 5 nitrogen and oxygen atoms in total. The van der Waals surface area contributed by atoms with Gasteiger partial charge in [0.15, 0.2) is 0 Å². The lowest BCUT2D eigenvalue weighted by atomic mass is 9.85. The van der Waals surface area contributed by atoms with E-state index in [1.54, 1.807) is 4.68 Å². The number of nitrogens with two attached hydrogens (primary N) is 1. The SMILES string of the molecule is C=C(Cc1cc(-c2cnn(C)c2)ccc1N)NC1CCC(CN2CC(F)C2)CC1. The maximum Gasteiger partial charge on any atom is 0.125 e. The smallest absolute Gasteiger partial charge is 0.125 e. The molecule has 1 aliphatic heterocycles. The monoisotopic (exact) mass is 397 g/mol. The molecule has 2 aromatic rings. The van der Waals surface area contributed by atoms with Crippen molar-refractivity contribution in [2.75, 3.05) is 25.4 Å². The molecule has 1 aromatic carbocycles. The van der Waals surface area contributed by atoms with Crippen LogP contribution in [0.15, 0.2) is 42.9 Å². The Kier molecular flexibility index (Phi) is 5.90. The number of hydrogen-bond donors (Lipinski definition) is 2. The number of anilines is 1.